The fourth-order valence-electron chi connectivity index (χ4n) is 5.65. The Labute approximate surface area is 215 Å². The summed E-state index contributed by atoms with van der Waals surface area (Å²) in [4.78, 5) is 22.3. The summed E-state index contributed by atoms with van der Waals surface area (Å²) >= 11 is 0. The van der Waals surface area contributed by atoms with Crippen molar-refractivity contribution in [3.8, 4) is 11.5 Å². The molecular weight excluding hydrogens is 466 g/mol. The second kappa shape index (κ2) is 10.1. The molecule has 7 rings (SSSR count). The van der Waals surface area contributed by atoms with Crippen LogP contribution in [0.1, 0.15) is 30.3 Å². The number of carbonyl (C=O) groups excluding carboxylic acids is 1. The van der Waals surface area contributed by atoms with Crippen molar-refractivity contribution in [2.24, 2.45) is 5.92 Å². The largest absolute Gasteiger partial charge is 0.454 e. The van der Waals surface area contributed by atoms with Gasteiger partial charge in [0.15, 0.2) is 12.1 Å². The third kappa shape index (κ3) is 5.11. The first-order chi connectivity index (χ1) is 18.2. The molecule has 0 aliphatic carbocycles. The van der Waals surface area contributed by atoms with E-state index in [4.69, 9.17) is 9.26 Å². The summed E-state index contributed by atoms with van der Waals surface area (Å²) < 4.78 is 12.6. The van der Waals surface area contributed by atoms with Gasteiger partial charge in [-0.2, -0.15) is 4.98 Å². The van der Waals surface area contributed by atoms with Crippen molar-refractivity contribution in [3.05, 3.63) is 96.6 Å². The Morgan fingerprint density at radius 2 is 1.70 bits per heavy atom. The van der Waals surface area contributed by atoms with Crippen LogP contribution >= 0.6 is 0 Å². The molecular formula is C29H30N5O3+. The second-order valence-electron chi connectivity index (χ2n) is 10.0. The Hall–Kier alpha value is -4.04. The van der Waals surface area contributed by atoms with Crippen LogP contribution in [0.4, 0.5) is 5.69 Å². The number of hydrogen-bond acceptors (Lipinski definition) is 7. The van der Waals surface area contributed by atoms with Gasteiger partial charge in [-0.1, -0.05) is 53.7 Å². The first-order valence-electron chi connectivity index (χ1n) is 12.8. The van der Waals surface area contributed by atoms with Crippen LogP contribution in [-0.2, 0) is 16.1 Å². The Morgan fingerprint density at radius 3 is 2.43 bits per heavy atom. The van der Waals surface area contributed by atoms with Crippen molar-refractivity contribution in [3.63, 3.8) is 0 Å². The van der Waals surface area contributed by atoms with Gasteiger partial charge in [0, 0.05) is 42.4 Å². The average molecular weight is 497 g/mol. The number of carbonyl (C=O) groups is 1. The fourth-order valence-corrected chi connectivity index (χ4v) is 5.65. The van der Waals surface area contributed by atoms with Crippen LogP contribution in [0.2, 0.25) is 0 Å². The summed E-state index contributed by atoms with van der Waals surface area (Å²) in [5.41, 5.74) is 2.63. The Kier molecular flexibility index (Phi) is 6.40. The van der Waals surface area contributed by atoms with E-state index in [1.54, 1.807) is 12.4 Å². The zero-order valence-corrected chi connectivity index (χ0v) is 20.6. The van der Waals surface area contributed by atoms with Crippen molar-refractivity contribution in [2.75, 3.05) is 25.0 Å². The van der Waals surface area contributed by atoms with E-state index in [0.29, 0.717) is 24.2 Å². The predicted molar refractivity (Wildman–Crippen MR) is 138 cm³/mol. The number of quaternary nitrogens is 1. The van der Waals surface area contributed by atoms with Gasteiger partial charge in [-0.25, -0.2) is 4.79 Å². The summed E-state index contributed by atoms with van der Waals surface area (Å²) in [7, 11) is 0. The van der Waals surface area contributed by atoms with E-state index >= 15 is 0 Å². The van der Waals surface area contributed by atoms with Crippen molar-refractivity contribution in [2.45, 2.75) is 31.5 Å². The molecule has 3 saturated heterocycles. The lowest BCUT2D eigenvalue weighted by Crippen LogP contribution is -2.64. The number of para-hydroxylation sites is 1. The van der Waals surface area contributed by atoms with Gasteiger partial charge in [-0.15, -0.1) is 0 Å². The number of nitrogens with one attached hydrogen (secondary N) is 1. The van der Waals surface area contributed by atoms with Gasteiger partial charge in [-0.05, 0) is 29.8 Å². The van der Waals surface area contributed by atoms with Crippen molar-refractivity contribution < 1.29 is 18.5 Å². The molecule has 5 heterocycles. The molecule has 0 amide bonds. The second-order valence-corrected chi connectivity index (χ2v) is 10.0. The minimum atomic E-state index is -0.576. The average Bonchev–Trinajstić information content (AvgIpc) is 3.41. The smallest absolute Gasteiger partial charge is 0.333 e. The zero-order chi connectivity index (χ0) is 25.1. The highest BCUT2D eigenvalue weighted by molar-refractivity contribution is 5.81. The molecule has 3 aliphatic heterocycles. The molecule has 0 saturated carbocycles. The molecule has 2 aromatic heterocycles. The van der Waals surface area contributed by atoms with Crippen molar-refractivity contribution in [1.82, 2.24) is 15.1 Å². The first-order valence-corrected chi connectivity index (χ1v) is 12.8. The number of pyridine rings is 1. The molecule has 2 unspecified atom stereocenters. The number of piperidine rings is 3. The molecule has 0 radical (unpaired) electrons. The minimum absolute atomic E-state index is 0.134. The lowest BCUT2D eigenvalue weighted by Gasteiger charge is -2.51. The summed E-state index contributed by atoms with van der Waals surface area (Å²) in [5.74, 6) is 1.33. The zero-order valence-electron chi connectivity index (χ0n) is 20.6. The van der Waals surface area contributed by atoms with Crippen LogP contribution < -0.4 is 5.32 Å². The van der Waals surface area contributed by atoms with Crippen molar-refractivity contribution in [1.29, 1.82) is 0 Å². The summed E-state index contributed by atoms with van der Waals surface area (Å²) in [6.45, 7) is 3.49. The number of rotatable bonds is 8. The number of nitrogens with zero attached hydrogens (tertiary/aromatic N) is 4. The van der Waals surface area contributed by atoms with Gasteiger partial charge in [0.25, 0.3) is 5.89 Å². The molecule has 188 valence electrons. The van der Waals surface area contributed by atoms with Gasteiger partial charge in [-0.3, -0.25) is 4.98 Å². The van der Waals surface area contributed by atoms with E-state index in [1.807, 2.05) is 72.8 Å². The molecule has 8 nitrogen and oxygen atoms in total. The van der Waals surface area contributed by atoms with Gasteiger partial charge in [0.05, 0.1) is 13.1 Å². The summed E-state index contributed by atoms with van der Waals surface area (Å²) in [6, 6.07) is 22.7. The summed E-state index contributed by atoms with van der Waals surface area (Å²) in [6.07, 6.45) is 5.34. The number of hydrogen-bond donors (Lipinski definition) is 1. The lowest BCUT2D eigenvalue weighted by atomic mass is 9.83. The number of ether oxygens (including phenoxy) is 1. The highest BCUT2D eigenvalue weighted by Gasteiger charge is 2.48. The maximum atomic E-state index is 13.6. The molecule has 4 aromatic rings. The first kappa shape index (κ1) is 23.4. The fraction of sp³-hybridized carbons (Fsp3) is 0.310. The molecule has 2 aromatic carbocycles. The summed E-state index contributed by atoms with van der Waals surface area (Å²) in [5, 5.41) is 7.64. The van der Waals surface area contributed by atoms with Gasteiger partial charge < -0.3 is 19.1 Å². The molecule has 37 heavy (non-hydrogen) atoms. The van der Waals surface area contributed by atoms with E-state index < -0.39 is 6.04 Å². The van der Waals surface area contributed by atoms with Gasteiger partial charge >= 0.3 is 5.97 Å². The Bertz CT molecular complexity index is 1320. The van der Waals surface area contributed by atoms with E-state index in [1.165, 1.54) is 0 Å². The van der Waals surface area contributed by atoms with Crippen LogP contribution in [0, 0.1) is 5.92 Å². The van der Waals surface area contributed by atoms with Crippen LogP contribution in [0.15, 0.2) is 89.7 Å². The van der Waals surface area contributed by atoms with E-state index in [2.05, 4.69) is 20.4 Å². The molecule has 0 spiro atoms. The maximum Gasteiger partial charge on any atom is 0.333 e. The lowest BCUT2D eigenvalue weighted by molar-refractivity contribution is -0.958. The molecule has 8 heteroatoms. The van der Waals surface area contributed by atoms with Crippen LogP contribution in [0.3, 0.4) is 0 Å². The normalized spacial score (nSPS) is 23.4. The molecule has 2 atom stereocenters. The molecule has 3 aliphatic rings. The topological polar surface area (TPSA) is 90.1 Å². The standard InChI is InChI=1S/C29H30N5O3/c35-29(27(22-7-3-1-4-8-22)31-24-9-5-2-6-10-24)36-25-19-34(17-13-21(25)14-18-34)20-26-32-28(37-33-26)23-11-15-30-16-12-23/h1-12,15-16,21,25,27,31H,13-14,17-20H2/q+1. The Balaban J connectivity index is 1.17. The van der Waals surface area contributed by atoms with E-state index in [0.717, 1.165) is 53.8 Å². The number of esters is 1. The van der Waals surface area contributed by atoms with Crippen LogP contribution in [-0.4, -0.2) is 51.3 Å². The minimum Gasteiger partial charge on any atom is -0.454 e. The maximum absolute atomic E-state index is 13.6. The van der Waals surface area contributed by atoms with Crippen molar-refractivity contribution >= 4 is 11.7 Å². The SMILES string of the molecule is O=C(OC1C[N+]2(Cc3noc(-c4ccncc4)n3)CCC1CC2)C(Nc1ccccc1)c1ccccc1. The van der Waals surface area contributed by atoms with Gasteiger partial charge in [0.1, 0.15) is 13.1 Å². The number of anilines is 1. The number of fused-ring (bicyclic) bond motifs is 3. The van der Waals surface area contributed by atoms with Gasteiger partial charge in [0.2, 0.25) is 5.82 Å². The third-order valence-corrected chi connectivity index (χ3v) is 7.63. The highest BCUT2D eigenvalue weighted by Crippen LogP contribution is 2.37. The quantitative estimate of drug-likeness (QED) is 0.281. The highest BCUT2D eigenvalue weighted by atomic mass is 16.5. The Morgan fingerprint density at radius 1 is 1.00 bits per heavy atom. The van der Waals surface area contributed by atoms with E-state index in [-0.39, 0.29) is 12.1 Å². The van der Waals surface area contributed by atoms with Crippen LogP contribution in [0.25, 0.3) is 11.5 Å². The monoisotopic (exact) mass is 496 g/mol. The molecule has 2 bridgehead atoms. The molecule has 3 fully saturated rings. The number of aromatic nitrogens is 3. The predicted octanol–water partition coefficient (Wildman–Crippen LogP) is 4.64. The third-order valence-electron chi connectivity index (χ3n) is 7.63. The number of benzene rings is 2. The molecule has 1 N–H and O–H groups in total. The van der Waals surface area contributed by atoms with Crippen LogP contribution in [0.5, 0.6) is 0 Å². The van der Waals surface area contributed by atoms with E-state index in [9.17, 15) is 4.79 Å².